The molecule has 2 N–H and O–H groups in total. The van der Waals surface area contributed by atoms with Crippen molar-refractivity contribution in [1.82, 2.24) is 30.8 Å². The molecule has 2 rings (SSSR count). The number of ether oxygens (including phenoxy) is 1. The number of nitrogens with one attached hydrogen (secondary N) is 2. The van der Waals surface area contributed by atoms with Crippen LogP contribution in [0.3, 0.4) is 0 Å². The second-order valence-electron chi connectivity index (χ2n) is 5.10. The van der Waals surface area contributed by atoms with Crippen LogP contribution in [0.5, 0.6) is 0 Å². The molecule has 9 heteroatoms. The Bertz CT molecular complexity index is 617. The molecule has 0 aliphatic rings. The van der Waals surface area contributed by atoms with Crippen molar-refractivity contribution in [2.24, 2.45) is 0 Å². The minimum absolute atomic E-state index is 0. The lowest BCUT2D eigenvalue weighted by molar-refractivity contribution is -0.122. The molecule has 2 aromatic rings. The molecule has 0 aliphatic carbocycles. The number of carbonyl (C=O) groups is 1. The Hall–Kier alpha value is -2.03. The number of carbonyl (C=O) groups excluding carboxylic acids is 1. The summed E-state index contributed by atoms with van der Waals surface area (Å²) in [7, 11) is 1.65. The first kappa shape index (κ1) is 20.0. The standard InChI is InChI=1S/C15H22N6O2.ClH/c1-12-3-5-13(6-4-12)15-18-20-21(19-15)11-14(22)17-8-7-16-9-10-23-2;/h3-6,16H,7-11H2,1-2H3,(H,17,22);1H. The number of methoxy groups -OCH3 is 1. The van der Waals surface area contributed by atoms with E-state index >= 15 is 0 Å². The molecular weight excluding hydrogens is 332 g/mol. The van der Waals surface area contributed by atoms with E-state index in [4.69, 9.17) is 4.74 Å². The summed E-state index contributed by atoms with van der Waals surface area (Å²) in [5, 5.41) is 18.0. The average molecular weight is 355 g/mol. The van der Waals surface area contributed by atoms with Crippen LogP contribution >= 0.6 is 12.4 Å². The molecule has 0 fully saturated rings. The van der Waals surface area contributed by atoms with Crippen LogP contribution in [-0.4, -0.2) is 59.5 Å². The van der Waals surface area contributed by atoms with Crippen LogP contribution in [0.2, 0.25) is 0 Å². The highest BCUT2D eigenvalue weighted by molar-refractivity contribution is 5.85. The molecule has 0 bridgehead atoms. The summed E-state index contributed by atoms with van der Waals surface area (Å²) in [6, 6.07) is 7.84. The monoisotopic (exact) mass is 354 g/mol. The first-order valence-electron chi connectivity index (χ1n) is 7.50. The third-order valence-electron chi connectivity index (χ3n) is 3.15. The number of tetrazole rings is 1. The molecule has 0 radical (unpaired) electrons. The summed E-state index contributed by atoms with van der Waals surface area (Å²) in [6.07, 6.45) is 0. The molecule has 0 spiro atoms. The lowest BCUT2D eigenvalue weighted by Gasteiger charge is -2.05. The van der Waals surface area contributed by atoms with Gasteiger partial charge >= 0.3 is 0 Å². The lowest BCUT2D eigenvalue weighted by Crippen LogP contribution is -2.35. The molecule has 0 saturated heterocycles. The largest absolute Gasteiger partial charge is 0.383 e. The zero-order chi connectivity index (χ0) is 16.5. The van der Waals surface area contributed by atoms with E-state index in [1.54, 1.807) is 7.11 Å². The normalized spacial score (nSPS) is 10.2. The maximum absolute atomic E-state index is 11.8. The van der Waals surface area contributed by atoms with Crippen LogP contribution in [0.1, 0.15) is 5.56 Å². The number of aryl methyl sites for hydroxylation is 1. The molecule has 0 unspecified atom stereocenters. The average Bonchev–Trinajstić information content (AvgIpc) is 3.00. The maximum Gasteiger partial charge on any atom is 0.243 e. The number of halogens is 1. The molecule has 0 atom stereocenters. The van der Waals surface area contributed by atoms with E-state index in [-0.39, 0.29) is 24.9 Å². The van der Waals surface area contributed by atoms with Crippen molar-refractivity contribution < 1.29 is 9.53 Å². The van der Waals surface area contributed by atoms with E-state index in [1.165, 1.54) is 10.4 Å². The third-order valence-corrected chi connectivity index (χ3v) is 3.15. The highest BCUT2D eigenvalue weighted by Crippen LogP contribution is 2.13. The molecule has 24 heavy (non-hydrogen) atoms. The molecule has 1 amide bonds. The highest BCUT2D eigenvalue weighted by atomic mass is 35.5. The second kappa shape index (κ2) is 10.7. The van der Waals surface area contributed by atoms with Crippen LogP contribution in [-0.2, 0) is 16.1 Å². The summed E-state index contributed by atoms with van der Waals surface area (Å²) < 4.78 is 4.92. The highest BCUT2D eigenvalue weighted by Gasteiger charge is 2.08. The number of rotatable bonds is 9. The second-order valence-corrected chi connectivity index (χ2v) is 5.10. The summed E-state index contributed by atoms with van der Waals surface area (Å²) in [6.45, 7) is 4.71. The Morgan fingerprint density at radius 1 is 1.21 bits per heavy atom. The van der Waals surface area contributed by atoms with Crippen molar-refractivity contribution in [3.05, 3.63) is 29.8 Å². The van der Waals surface area contributed by atoms with Gasteiger partial charge in [0.2, 0.25) is 11.7 Å². The number of hydrogen-bond donors (Lipinski definition) is 2. The van der Waals surface area contributed by atoms with Crippen LogP contribution < -0.4 is 10.6 Å². The van der Waals surface area contributed by atoms with Crippen LogP contribution in [0.15, 0.2) is 24.3 Å². The van der Waals surface area contributed by atoms with Gasteiger partial charge in [0.05, 0.1) is 6.61 Å². The van der Waals surface area contributed by atoms with Gasteiger partial charge in [-0.15, -0.1) is 22.6 Å². The fourth-order valence-corrected chi connectivity index (χ4v) is 1.90. The number of hydrogen-bond acceptors (Lipinski definition) is 6. The third kappa shape index (κ3) is 6.61. The van der Waals surface area contributed by atoms with Crippen molar-refractivity contribution in [1.29, 1.82) is 0 Å². The Morgan fingerprint density at radius 3 is 2.67 bits per heavy atom. The van der Waals surface area contributed by atoms with Crippen molar-refractivity contribution >= 4 is 18.3 Å². The summed E-state index contributed by atoms with van der Waals surface area (Å²) >= 11 is 0. The van der Waals surface area contributed by atoms with Gasteiger partial charge in [0.25, 0.3) is 0 Å². The fourth-order valence-electron chi connectivity index (χ4n) is 1.90. The molecule has 8 nitrogen and oxygen atoms in total. The van der Waals surface area contributed by atoms with E-state index < -0.39 is 0 Å². The van der Waals surface area contributed by atoms with Gasteiger partial charge in [0.15, 0.2) is 0 Å². The van der Waals surface area contributed by atoms with Gasteiger partial charge in [-0.3, -0.25) is 4.79 Å². The van der Waals surface area contributed by atoms with Crippen molar-refractivity contribution in [2.45, 2.75) is 13.5 Å². The number of benzene rings is 1. The summed E-state index contributed by atoms with van der Waals surface area (Å²) in [5.74, 6) is 0.366. The smallest absolute Gasteiger partial charge is 0.243 e. The van der Waals surface area contributed by atoms with E-state index in [9.17, 15) is 4.79 Å². The van der Waals surface area contributed by atoms with Crippen LogP contribution in [0.25, 0.3) is 11.4 Å². The fraction of sp³-hybridized carbons (Fsp3) is 0.467. The Morgan fingerprint density at radius 2 is 1.96 bits per heavy atom. The van der Waals surface area contributed by atoms with Gasteiger partial charge in [-0.2, -0.15) is 4.80 Å². The Labute approximate surface area is 147 Å². The molecule has 1 aromatic heterocycles. The maximum atomic E-state index is 11.8. The summed E-state index contributed by atoms with van der Waals surface area (Å²) in [4.78, 5) is 13.1. The zero-order valence-electron chi connectivity index (χ0n) is 13.9. The SMILES string of the molecule is COCCNCCNC(=O)Cn1nnc(-c2ccc(C)cc2)n1.Cl. The van der Waals surface area contributed by atoms with Gasteiger partial charge in [-0.1, -0.05) is 29.8 Å². The van der Waals surface area contributed by atoms with Gasteiger partial charge in [0.1, 0.15) is 6.54 Å². The Balaban J connectivity index is 0.00000288. The van der Waals surface area contributed by atoms with Gasteiger partial charge in [-0.25, -0.2) is 0 Å². The topological polar surface area (TPSA) is 94.0 Å². The molecule has 1 heterocycles. The van der Waals surface area contributed by atoms with Crippen molar-refractivity contribution in [3.8, 4) is 11.4 Å². The minimum Gasteiger partial charge on any atom is -0.383 e. The predicted molar refractivity (Wildman–Crippen MR) is 93.0 cm³/mol. The quantitative estimate of drug-likeness (QED) is 0.634. The van der Waals surface area contributed by atoms with Crippen molar-refractivity contribution in [2.75, 3.05) is 33.4 Å². The van der Waals surface area contributed by atoms with E-state index in [2.05, 4.69) is 26.0 Å². The number of amides is 1. The summed E-state index contributed by atoms with van der Waals surface area (Å²) in [5.41, 5.74) is 2.05. The molecule has 0 saturated carbocycles. The predicted octanol–water partition coefficient (Wildman–Crippen LogP) is 0.423. The van der Waals surface area contributed by atoms with Gasteiger partial charge in [-0.05, 0) is 12.1 Å². The van der Waals surface area contributed by atoms with Crippen LogP contribution in [0.4, 0.5) is 0 Å². The van der Waals surface area contributed by atoms with Crippen LogP contribution in [0, 0.1) is 6.92 Å². The lowest BCUT2D eigenvalue weighted by atomic mass is 10.1. The van der Waals surface area contributed by atoms with Gasteiger partial charge < -0.3 is 15.4 Å². The molecule has 0 aliphatic heterocycles. The van der Waals surface area contributed by atoms with E-state index in [0.717, 1.165) is 12.1 Å². The molecule has 1 aromatic carbocycles. The minimum atomic E-state index is -0.147. The molecule has 132 valence electrons. The number of nitrogens with zero attached hydrogens (tertiary/aromatic N) is 4. The Kier molecular flexibility index (Phi) is 8.92. The number of aromatic nitrogens is 4. The first-order valence-corrected chi connectivity index (χ1v) is 7.50. The van der Waals surface area contributed by atoms with E-state index in [1.807, 2.05) is 31.2 Å². The van der Waals surface area contributed by atoms with E-state index in [0.29, 0.717) is 25.5 Å². The molecular formula is C15H23ClN6O2. The van der Waals surface area contributed by atoms with Crippen molar-refractivity contribution in [3.63, 3.8) is 0 Å². The van der Waals surface area contributed by atoms with Gasteiger partial charge in [0, 0.05) is 32.3 Å². The first-order chi connectivity index (χ1) is 11.2. The zero-order valence-corrected chi connectivity index (χ0v) is 14.7.